The Bertz CT molecular complexity index is 455. The summed E-state index contributed by atoms with van der Waals surface area (Å²) in [6.45, 7) is 2.61. The lowest BCUT2D eigenvalue weighted by atomic mass is 10.2. The van der Waals surface area contributed by atoms with Crippen molar-refractivity contribution in [1.29, 1.82) is 0 Å². The number of hydrogen-bond acceptors (Lipinski definition) is 4. The monoisotopic (exact) mass is 265 g/mol. The standard InChI is InChI=1S/C12H15N3O4/c16-11(17)10-2-1-9(7-13-10)8-14-12(18)15-3-5-19-6-4-15/h1-2,7H,3-6,8H2,(H,14,18)(H,16,17). The minimum Gasteiger partial charge on any atom is -0.477 e. The van der Waals surface area contributed by atoms with Crippen LogP contribution in [-0.4, -0.2) is 53.3 Å². The number of carboxylic acid groups (broad SMARTS) is 1. The van der Waals surface area contributed by atoms with E-state index in [0.717, 1.165) is 5.56 Å². The number of ether oxygens (including phenoxy) is 1. The maximum Gasteiger partial charge on any atom is 0.354 e. The normalized spacial score (nSPS) is 15.1. The highest BCUT2D eigenvalue weighted by molar-refractivity contribution is 5.85. The zero-order valence-electron chi connectivity index (χ0n) is 10.3. The van der Waals surface area contributed by atoms with E-state index in [9.17, 15) is 9.59 Å². The maximum atomic E-state index is 11.8. The Morgan fingerprint density at radius 3 is 2.68 bits per heavy atom. The number of rotatable bonds is 3. The molecule has 0 radical (unpaired) electrons. The van der Waals surface area contributed by atoms with Crippen molar-refractivity contribution in [3.05, 3.63) is 29.6 Å². The maximum absolute atomic E-state index is 11.8. The third-order valence-corrected chi connectivity index (χ3v) is 2.79. The second-order valence-electron chi connectivity index (χ2n) is 4.11. The molecular formula is C12H15N3O4. The molecule has 7 heteroatoms. The fourth-order valence-electron chi connectivity index (χ4n) is 1.71. The van der Waals surface area contributed by atoms with Gasteiger partial charge in [0.05, 0.1) is 13.2 Å². The molecule has 1 aromatic rings. The summed E-state index contributed by atoms with van der Waals surface area (Å²) in [5, 5.41) is 11.5. The number of aromatic carboxylic acids is 1. The zero-order valence-corrected chi connectivity index (χ0v) is 10.3. The predicted octanol–water partition coefficient (Wildman–Crippen LogP) is 0.322. The summed E-state index contributed by atoms with van der Waals surface area (Å²) in [6.07, 6.45) is 1.45. The molecule has 2 amide bonds. The topological polar surface area (TPSA) is 91.8 Å². The lowest BCUT2D eigenvalue weighted by Crippen LogP contribution is -2.45. The van der Waals surface area contributed by atoms with Gasteiger partial charge < -0.3 is 20.1 Å². The number of carboxylic acids is 1. The molecule has 1 aromatic heterocycles. The van der Waals surface area contributed by atoms with Crippen LogP contribution in [0.3, 0.4) is 0 Å². The van der Waals surface area contributed by atoms with Crippen molar-refractivity contribution >= 4 is 12.0 Å². The summed E-state index contributed by atoms with van der Waals surface area (Å²) >= 11 is 0. The summed E-state index contributed by atoms with van der Waals surface area (Å²) < 4.78 is 5.16. The van der Waals surface area contributed by atoms with Gasteiger partial charge in [-0.1, -0.05) is 6.07 Å². The first-order valence-corrected chi connectivity index (χ1v) is 5.95. The lowest BCUT2D eigenvalue weighted by molar-refractivity contribution is 0.0531. The zero-order chi connectivity index (χ0) is 13.7. The van der Waals surface area contributed by atoms with E-state index in [1.807, 2.05) is 0 Å². The Morgan fingerprint density at radius 1 is 1.37 bits per heavy atom. The fourth-order valence-corrected chi connectivity index (χ4v) is 1.71. The largest absolute Gasteiger partial charge is 0.477 e. The molecule has 1 aliphatic heterocycles. The van der Waals surface area contributed by atoms with Gasteiger partial charge in [0.25, 0.3) is 0 Å². The van der Waals surface area contributed by atoms with Gasteiger partial charge in [0.15, 0.2) is 0 Å². The van der Waals surface area contributed by atoms with E-state index in [1.54, 1.807) is 11.0 Å². The Morgan fingerprint density at radius 2 is 2.11 bits per heavy atom. The molecule has 1 fully saturated rings. The van der Waals surface area contributed by atoms with E-state index < -0.39 is 5.97 Å². The number of nitrogens with zero attached hydrogens (tertiary/aromatic N) is 2. The molecule has 0 aliphatic carbocycles. The highest BCUT2D eigenvalue weighted by Gasteiger charge is 2.16. The van der Waals surface area contributed by atoms with Crippen LogP contribution in [0.5, 0.6) is 0 Å². The smallest absolute Gasteiger partial charge is 0.354 e. The summed E-state index contributed by atoms with van der Waals surface area (Å²) in [5.74, 6) is -1.07. The first-order valence-electron chi connectivity index (χ1n) is 5.95. The SMILES string of the molecule is O=C(O)c1ccc(CNC(=O)N2CCOCC2)cn1. The van der Waals surface area contributed by atoms with Crippen LogP contribution in [0.2, 0.25) is 0 Å². The second-order valence-corrected chi connectivity index (χ2v) is 4.11. The molecule has 102 valence electrons. The van der Waals surface area contributed by atoms with Gasteiger partial charge in [-0.3, -0.25) is 0 Å². The quantitative estimate of drug-likeness (QED) is 0.821. The van der Waals surface area contributed by atoms with Crippen LogP contribution in [0.25, 0.3) is 0 Å². The Balaban J connectivity index is 1.84. The van der Waals surface area contributed by atoms with Gasteiger partial charge in [-0.05, 0) is 11.6 Å². The van der Waals surface area contributed by atoms with Crippen molar-refractivity contribution in [3.63, 3.8) is 0 Å². The Hall–Kier alpha value is -2.15. The van der Waals surface area contributed by atoms with Crippen LogP contribution in [0.15, 0.2) is 18.3 Å². The summed E-state index contributed by atoms with van der Waals surface area (Å²) in [4.78, 5) is 27.9. The van der Waals surface area contributed by atoms with E-state index in [4.69, 9.17) is 9.84 Å². The Kier molecular flexibility index (Phi) is 4.30. The van der Waals surface area contributed by atoms with Crippen molar-refractivity contribution < 1.29 is 19.4 Å². The van der Waals surface area contributed by atoms with Crippen molar-refractivity contribution in [2.45, 2.75) is 6.54 Å². The molecular weight excluding hydrogens is 250 g/mol. The third-order valence-electron chi connectivity index (χ3n) is 2.79. The number of amides is 2. The average molecular weight is 265 g/mol. The third kappa shape index (κ3) is 3.65. The summed E-state index contributed by atoms with van der Waals surface area (Å²) in [6, 6.07) is 2.90. The van der Waals surface area contributed by atoms with Crippen LogP contribution >= 0.6 is 0 Å². The van der Waals surface area contributed by atoms with Crippen molar-refractivity contribution in [2.75, 3.05) is 26.3 Å². The van der Waals surface area contributed by atoms with E-state index in [0.29, 0.717) is 32.8 Å². The minimum atomic E-state index is -1.07. The number of morpholine rings is 1. The van der Waals surface area contributed by atoms with E-state index in [-0.39, 0.29) is 11.7 Å². The van der Waals surface area contributed by atoms with E-state index in [1.165, 1.54) is 12.3 Å². The number of carbonyl (C=O) groups excluding carboxylic acids is 1. The number of carbonyl (C=O) groups is 2. The molecule has 2 rings (SSSR count). The van der Waals surface area contributed by atoms with Crippen LogP contribution in [0.1, 0.15) is 16.1 Å². The molecule has 19 heavy (non-hydrogen) atoms. The minimum absolute atomic E-state index is 0.0109. The molecule has 2 N–H and O–H groups in total. The average Bonchev–Trinajstić information content (AvgIpc) is 2.46. The van der Waals surface area contributed by atoms with Crippen LogP contribution in [0, 0.1) is 0 Å². The predicted molar refractivity (Wildman–Crippen MR) is 65.8 cm³/mol. The molecule has 0 bridgehead atoms. The van der Waals surface area contributed by atoms with Crippen LogP contribution < -0.4 is 5.32 Å². The lowest BCUT2D eigenvalue weighted by Gasteiger charge is -2.26. The molecule has 0 atom stereocenters. The van der Waals surface area contributed by atoms with Gasteiger partial charge in [0.2, 0.25) is 0 Å². The van der Waals surface area contributed by atoms with Gasteiger partial charge >= 0.3 is 12.0 Å². The number of nitrogens with one attached hydrogen (secondary N) is 1. The molecule has 7 nitrogen and oxygen atoms in total. The van der Waals surface area contributed by atoms with Gasteiger partial charge in [-0.25, -0.2) is 14.6 Å². The second kappa shape index (κ2) is 6.14. The molecule has 0 saturated carbocycles. The highest BCUT2D eigenvalue weighted by atomic mass is 16.5. The van der Waals surface area contributed by atoms with Crippen molar-refractivity contribution in [2.24, 2.45) is 0 Å². The van der Waals surface area contributed by atoms with Crippen molar-refractivity contribution in [1.82, 2.24) is 15.2 Å². The highest BCUT2D eigenvalue weighted by Crippen LogP contribution is 2.02. The summed E-state index contributed by atoms with van der Waals surface area (Å²) in [5.41, 5.74) is 0.745. The first kappa shape index (κ1) is 13.3. The van der Waals surface area contributed by atoms with E-state index in [2.05, 4.69) is 10.3 Å². The van der Waals surface area contributed by atoms with E-state index >= 15 is 0 Å². The number of pyridine rings is 1. The molecule has 0 unspecified atom stereocenters. The van der Waals surface area contributed by atoms with Crippen molar-refractivity contribution in [3.8, 4) is 0 Å². The molecule has 0 aromatic carbocycles. The molecule has 2 heterocycles. The number of aromatic nitrogens is 1. The molecule has 1 aliphatic rings. The Labute approximate surface area is 110 Å². The van der Waals surface area contributed by atoms with Gasteiger partial charge in [-0.2, -0.15) is 0 Å². The van der Waals surface area contributed by atoms with Crippen LogP contribution in [0.4, 0.5) is 4.79 Å². The van der Waals surface area contributed by atoms with Crippen LogP contribution in [-0.2, 0) is 11.3 Å². The number of urea groups is 1. The molecule has 1 saturated heterocycles. The first-order chi connectivity index (χ1) is 9.16. The van der Waals surface area contributed by atoms with Gasteiger partial charge in [0, 0.05) is 25.8 Å². The molecule has 0 spiro atoms. The van der Waals surface area contributed by atoms with Gasteiger partial charge in [-0.15, -0.1) is 0 Å². The summed E-state index contributed by atoms with van der Waals surface area (Å²) in [7, 11) is 0. The number of hydrogen-bond donors (Lipinski definition) is 2. The fraction of sp³-hybridized carbons (Fsp3) is 0.417. The van der Waals surface area contributed by atoms with Gasteiger partial charge in [0.1, 0.15) is 5.69 Å².